The van der Waals surface area contributed by atoms with Crippen LogP contribution in [-0.4, -0.2) is 9.38 Å². The zero-order chi connectivity index (χ0) is 12.7. The quantitative estimate of drug-likeness (QED) is 0.660. The summed E-state index contributed by atoms with van der Waals surface area (Å²) in [7, 11) is 0. The first-order valence-electron chi connectivity index (χ1n) is 5.97. The Morgan fingerprint density at radius 3 is 2.72 bits per heavy atom. The van der Waals surface area contributed by atoms with Gasteiger partial charge in [-0.25, -0.2) is 4.98 Å². The molecule has 3 nitrogen and oxygen atoms in total. The molecule has 18 heavy (non-hydrogen) atoms. The van der Waals surface area contributed by atoms with Crippen molar-refractivity contribution in [3.05, 3.63) is 53.9 Å². The van der Waals surface area contributed by atoms with Crippen LogP contribution in [0.3, 0.4) is 0 Å². The molecular weight excluding hydrogens is 222 g/mol. The molecule has 0 fully saturated rings. The number of imidazole rings is 1. The predicted molar refractivity (Wildman–Crippen MR) is 74.5 cm³/mol. The maximum Gasteiger partial charge on any atom is 0.144 e. The van der Waals surface area contributed by atoms with E-state index in [4.69, 9.17) is 5.73 Å². The summed E-state index contributed by atoms with van der Waals surface area (Å²) in [5.74, 6) is 0.964. The Bertz CT molecular complexity index is 726. The van der Waals surface area contributed by atoms with Crippen LogP contribution in [0, 0.1) is 13.8 Å². The Morgan fingerprint density at radius 1 is 1.11 bits per heavy atom. The fraction of sp³-hybridized carbons (Fsp3) is 0.133. The molecule has 3 aromatic rings. The molecular formula is C15H15N3. The number of aromatic nitrogens is 2. The highest BCUT2D eigenvalue weighted by atomic mass is 15.0. The van der Waals surface area contributed by atoms with E-state index in [1.54, 1.807) is 0 Å². The molecule has 0 radical (unpaired) electrons. The van der Waals surface area contributed by atoms with E-state index in [9.17, 15) is 0 Å². The van der Waals surface area contributed by atoms with Crippen LogP contribution in [0.25, 0.3) is 16.9 Å². The lowest BCUT2D eigenvalue weighted by Gasteiger charge is -2.04. The van der Waals surface area contributed by atoms with Crippen molar-refractivity contribution < 1.29 is 0 Å². The van der Waals surface area contributed by atoms with Crippen LogP contribution in [0.1, 0.15) is 11.3 Å². The zero-order valence-corrected chi connectivity index (χ0v) is 10.5. The molecule has 3 rings (SSSR count). The Hall–Kier alpha value is -2.29. The molecule has 2 N–H and O–H groups in total. The van der Waals surface area contributed by atoms with Crippen molar-refractivity contribution in [3.63, 3.8) is 0 Å². The molecule has 0 saturated heterocycles. The summed E-state index contributed by atoms with van der Waals surface area (Å²) >= 11 is 0. The molecule has 1 aromatic carbocycles. The summed E-state index contributed by atoms with van der Waals surface area (Å²) in [6.45, 7) is 4.05. The molecule has 0 aliphatic carbocycles. The average Bonchev–Trinajstić information content (AvgIpc) is 2.71. The average molecular weight is 237 g/mol. The number of nitrogens with zero attached hydrogens (tertiary/aromatic N) is 2. The molecule has 0 aliphatic heterocycles. The Kier molecular flexibility index (Phi) is 2.33. The number of pyridine rings is 1. The van der Waals surface area contributed by atoms with Crippen LogP contribution in [0.2, 0.25) is 0 Å². The van der Waals surface area contributed by atoms with Gasteiger partial charge in [0, 0.05) is 17.4 Å². The highest BCUT2D eigenvalue weighted by Crippen LogP contribution is 2.25. The maximum atomic E-state index is 5.86. The van der Waals surface area contributed by atoms with Crippen molar-refractivity contribution in [2.75, 3.05) is 5.73 Å². The molecule has 0 atom stereocenters. The molecule has 0 saturated carbocycles. The van der Waals surface area contributed by atoms with Crippen molar-refractivity contribution in [1.29, 1.82) is 0 Å². The molecule has 2 aromatic heterocycles. The van der Waals surface area contributed by atoms with Gasteiger partial charge in [0.15, 0.2) is 0 Å². The van der Waals surface area contributed by atoms with Gasteiger partial charge in [-0.05, 0) is 49.7 Å². The number of nitrogens with two attached hydrogens (primary N) is 1. The van der Waals surface area contributed by atoms with Gasteiger partial charge in [-0.3, -0.25) is 4.40 Å². The van der Waals surface area contributed by atoms with E-state index in [1.165, 1.54) is 0 Å². The van der Waals surface area contributed by atoms with Crippen molar-refractivity contribution in [2.24, 2.45) is 0 Å². The number of benzene rings is 1. The fourth-order valence-corrected chi connectivity index (χ4v) is 2.21. The zero-order valence-electron chi connectivity index (χ0n) is 10.5. The van der Waals surface area contributed by atoms with E-state index in [0.29, 0.717) is 0 Å². The molecule has 2 heterocycles. The van der Waals surface area contributed by atoms with E-state index in [0.717, 1.165) is 33.8 Å². The lowest BCUT2D eigenvalue weighted by molar-refractivity contribution is 1.16. The van der Waals surface area contributed by atoms with Crippen LogP contribution in [0.4, 0.5) is 5.69 Å². The SMILES string of the molecule is Cc1cc(-c2nc(C)c3ccccn23)ccc1N. The van der Waals surface area contributed by atoms with Gasteiger partial charge in [0.05, 0.1) is 11.2 Å². The van der Waals surface area contributed by atoms with Crippen LogP contribution in [-0.2, 0) is 0 Å². The van der Waals surface area contributed by atoms with E-state index in [2.05, 4.69) is 21.5 Å². The summed E-state index contributed by atoms with van der Waals surface area (Å²) < 4.78 is 2.11. The summed E-state index contributed by atoms with van der Waals surface area (Å²) in [6, 6.07) is 12.2. The highest BCUT2D eigenvalue weighted by Gasteiger charge is 2.09. The molecule has 0 spiro atoms. The fourth-order valence-electron chi connectivity index (χ4n) is 2.21. The molecule has 3 heteroatoms. The summed E-state index contributed by atoms with van der Waals surface area (Å²) in [5.41, 5.74) is 11.0. The largest absolute Gasteiger partial charge is 0.399 e. The van der Waals surface area contributed by atoms with Gasteiger partial charge in [0.2, 0.25) is 0 Å². The Labute approximate surface area is 106 Å². The normalized spacial score (nSPS) is 11.0. The van der Waals surface area contributed by atoms with Crippen LogP contribution < -0.4 is 5.73 Å². The minimum Gasteiger partial charge on any atom is -0.399 e. The Balaban J connectivity index is 2.28. The van der Waals surface area contributed by atoms with Gasteiger partial charge in [-0.1, -0.05) is 6.07 Å². The molecule has 0 unspecified atom stereocenters. The minimum absolute atomic E-state index is 0.816. The van der Waals surface area contributed by atoms with Gasteiger partial charge in [0.25, 0.3) is 0 Å². The molecule has 0 bridgehead atoms. The van der Waals surface area contributed by atoms with Gasteiger partial charge >= 0.3 is 0 Å². The predicted octanol–water partition coefficient (Wildman–Crippen LogP) is 3.20. The van der Waals surface area contributed by atoms with Crippen LogP contribution in [0.5, 0.6) is 0 Å². The van der Waals surface area contributed by atoms with Crippen LogP contribution >= 0.6 is 0 Å². The number of rotatable bonds is 1. The van der Waals surface area contributed by atoms with E-state index in [1.807, 2.05) is 44.3 Å². The van der Waals surface area contributed by atoms with Crippen molar-refractivity contribution >= 4 is 11.2 Å². The third-order valence-corrected chi connectivity index (χ3v) is 3.26. The summed E-state index contributed by atoms with van der Waals surface area (Å²) in [6.07, 6.45) is 2.04. The van der Waals surface area contributed by atoms with Crippen molar-refractivity contribution in [2.45, 2.75) is 13.8 Å². The molecule has 90 valence electrons. The van der Waals surface area contributed by atoms with Gasteiger partial charge in [0.1, 0.15) is 5.82 Å². The second-order valence-corrected chi connectivity index (χ2v) is 4.55. The second-order valence-electron chi connectivity index (χ2n) is 4.55. The lowest BCUT2D eigenvalue weighted by Crippen LogP contribution is -1.92. The third kappa shape index (κ3) is 1.56. The van der Waals surface area contributed by atoms with E-state index >= 15 is 0 Å². The van der Waals surface area contributed by atoms with E-state index in [-0.39, 0.29) is 0 Å². The second kappa shape index (κ2) is 3.88. The Morgan fingerprint density at radius 2 is 1.94 bits per heavy atom. The first kappa shape index (κ1) is 10.8. The van der Waals surface area contributed by atoms with Crippen LogP contribution in [0.15, 0.2) is 42.6 Å². The standard InChI is InChI=1S/C15H15N3/c1-10-9-12(6-7-13(10)16)15-17-11(2)14-5-3-4-8-18(14)15/h3-9H,16H2,1-2H3. The lowest BCUT2D eigenvalue weighted by atomic mass is 10.1. The number of nitrogen functional groups attached to an aromatic ring is 1. The first-order valence-corrected chi connectivity index (χ1v) is 5.97. The first-order chi connectivity index (χ1) is 8.66. The number of hydrogen-bond acceptors (Lipinski definition) is 2. The summed E-state index contributed by atoms with van der Waals surface area (Å²) in [4.78, 5) is 4.65. The molecule has 0 aliphatic rings. The smallest absolute Gasteiger partial charge is 0.144 e. The number of aryl methyl sites for hydroxylation is 2. The maximum absolute atomic E-state index is 5.86. The molecule has 0 amide bonds. The van der Waals surface area contributed by atoms with E-state index < -0.39 is 0 Å². The van der Waals surface area contributed by atoms with Gasteiger partial charge < -0.3 is 5.73 Å². The number of anilines is 1. The minimum atomic E-state index is 0.816. The third-order valence-electron chi connectivity index (χ3n) is 3.26. The van der Waals surface area contributed by atoms with Crippen molar-refractivity contribution in [3.8, 4) is 11.4 Å². The highest BCUT2D eigenvalue weighted by molar-refractivity contribution is 5.68. The number of fused-ring (bicyclic) bond motifs is 1. The summed E-state index contributed by atoms with van der Waals surface area (Å²) in [5, 5.41) is 0. The topological polar surface area (TPSA) is 43.3 Å². The van der Waals surface area contributed by atoms with Crippen molar-refractivity contribution in [1.82, 2.24) is 9.38 Å². The number of hydrogen-bond donors (Lipinski definition) is 1. The van der Waals surface area contributed by atoms with Gasteiger partial charge in [-0.15, -0.1) is 0 Å². The monoisotopic (exact) mass is 237 g/mol. The van der Waals surface area contributed by atoms with Gasteiger partial charge in [-0.2, -0.15) is 0 Å².